The maximum absolute atomic E-state index is 14.0. The molecule has 143 heavy (non-hydrogen) atoms. The van der Waals surface area contributed by atoms with Gasteiger partial charge in [-0.1, -0.05) is 142 Å². The van der Waals surface area contributed by atoms with Crippen LogP contribution in [0, 0.1) is 24.5 Å². The predicted octanol–water partition coefficient (Wildman–Crippen LogP) is 25.0. The topological polar surface area (TPSA) is 139 Å². The summed E-state index contributed by atoms with van der Waals surface area (Å²) in [4.78, 5) is 50.4. The van der Waals surface area contributed by atoms with Gasteiger partial charge in [-0.15, -0.1) is 0 Å². The van der Waals surface area contributed by atoms with E-state index in [0.29, 0.717) is 117 Å². The monoisotopic (exact) mass is 2030 g/mol. The Balaban J connectivity index is 0.000000172. The standard InChI is InChI=1S/C32H40N2O.C30H35F7N4O2.C23H21F10N3O.C21H22F5NO/c1-32(2,3)28-15-14-26(22-35)27(20-28)21-33-30-25-16-18-34(19-17-25)31(30)29(23-10-6-4-7-11-23)24-12-8-5-9-13-24;1-18-13-24(31)5-6-26(18)27-17-25(40-11-9-39(10-12-40)20(3)42)7-8-41(27)28(43)38(4)19(2)21-14-22(29(32,33)34)16-23(15-21)30(35,36)37;1-12(13-7-14(21(25,26)27)9-15(8-13)22(28,29)30)35(2)20(37)36-6-5-34-11-19(36)17-4-3-16(24)10-18(17)23(31,32)33;1-20(22,23)16-10-14(11-17(12-16)21(24,25)26)13-28-18-8-5-9-27-19(18)15-6-3-2-4-7-15/h4-15,20,25,29-31,33,35H,16-19,21-22H2,1-3H3;5-6,13-16,19,25,27H,7-12,17H2,1-4H3;3-4,7-10,12,19,34H,5-6,11H2,1-2H3;2-4,6-7,10-12,18-19,27H,5,8-9,13H2,1H3/t;19-,25+,27+;12-,19-;18-,19-/m.110/s1. The van der Waals surface area contributed by atoms with E-state index in [1.54, 1.807) is 22.8 Å². The van der Waals surface area contributed by atoms with Crippen molar-refractivity contribution < 1.29 is 121 Å². The van der Waals surface area contributed by atoms with Crippen LogP contribution in [-0.4, -0.2) is 168 Å². The van der Waals surface area contributed by atoms with Gasteiger partial charge in [-0.05, 0) is 236 Å². The smallest absolute Gasteiger partial charge is 0.392 e. The Morgan fingerprint density at radius 3 is 1.45 bits per heavy atom. The molecule has 0 spiro atoms. The number of urea groups is 2. The van der Waals surface area contributed by atoms with Gasteiger partial charge in [-0.2, -0.15) is 79.0 Å². The Bertz CT molecular complexity index is 5630. The number of aliphatic hydroxyl groups is 1. The van der Waals surface area contributed by atoms with Gasteiger partial charge in [0.05, 0.1) is 82.9 Å². The van der Waals surface area contributed by atoms with Crippen molar-refractivity contribution in [3.8, 4) is 0 Å². The Morgan fingerprint density at radius 2 is 0.965 bits per heavy atom. The molecule has 7 aliphatic rings. The molecule has 7 aliphatic heterocycles. The Hall–Kier alpha value is -10.8. The van der Waals surface area contributed by atoms with Crippen molar-refractivity contribution in [2.24, 2.45) is 5.92 Å². The number of amides is 5. The number of hydrogen-bond donors (Lipinski definition) is 4. The number of ether oxygens (including phenoxy) is 1. The number of likely N-dealkylation sites (tertiary alicyclic amines) is 1. The van der Waals surface area contributed by atoms with Gasteiger partial charge in [0.1, 0.15) is 11.6 Å². The summed E-state index contributed by atoms with van der Waals surface area (Å²) in [6.45, 7) is 19.7. The molecule has 2 bridgehead atoms. The Labute approximate surface area is 817 Å². The van der Waals surface area contributed by atoms with Gasteiger partial charge >= 0.3 is 49.1 Å². The number of fused-ring (bicyclic) bond motifs is 3. The molecular weight excluding hydrogens is 1910 g/mol. The van der Waals surface area contributed by atoms with Crippen LogP contribution in [0.5, 0.6) is 0 Å². The number of piperazine rings is 2. The molecule has 4 N–H and O–H groups in total. The van der Waals surface area contributed by atoms with Crippen LogP contribution in [0.25, 0.3) is 0 Å². The Kier molecular flexibility index (Phi) is 35.6. The van der Waals surface area contributed by atoms with E-state index in [-0.39, 0.29) is 92.2 Å². The summed E-state index contributed by atoms with van der Waals surface area (Å²) in [5.74, 6) is -3.94. The van der Waals surface area contributed by atoms with Gasteiger partial charge in [0.15, 0.2) is 0 Å². The van der Waals surface area contributed by atoms with E-state index in [1.165, 1.54) is 88.1 Å². The van der Waals surface area contributed by atoms with Crippen LogP contribution < -0.4 is 16.0 Å². The number of nitrogens with one attached hydrogen (secondary N) is 3. The fraction of sp³-hybridized carbons (Fsp3) is 0.462. The molecule has 2 unspecified atom stereocenters. The molecule has 9 atom stereocenters. The third-order valence-corrected chi connectivity index (χ3v) is 28.0. The van der Waals surface area contributed by atoms with Gasteiger partial charge in [0.25, 0.3) is 5.92 Å². The second-order valence-corrected chi connectivity index (χ2v) is 38.5. The maximum atomic E-state index is 14.0. The number of piperidine rings is 5. The fourth-order valence-electron chi connectivity index (χ4n) is 19.9. The highest BCUT2D eigenvalue weighted by molar-refractivity contribution is 5.77. The number of benzene rings is 9. The highest BCUT2D eigenvalue weighted by Gasteiger charge is 2.49. The number of carbonyl (C=O) groups excluding carboxylic acids is 3. The van der Waals surface area contributed by atoms with Gasteiger partial charge in [0, 0.05) is 116 Å². The minimum Gasteiger partial charge on any atom is -0.392 e. The molecule has 15 nitrogen and oxygen atoms in total. The van der Waals surface area contributed by atoms with Crippen LogP contribution in [-0.2, 0) is 77.7 Å². The largest absolute Gasteiger partial charge is 0.416 e. The van der Waals surface area contributed by atoms with Crippen molar-refractivity contribution in [3.05, 3.63) is 318 Å². The van der Waals surface area contributed by atoms with Gasteiger partial charge in [0.2, 0.25) is 5.91 Å². The molecule has 7 heterocycles. The van der Waals surface area contributed by atoms with Crippen LogP contribution in [0.3, 0.4) is 0 Å². The maximum Gasteiger partial charge on any atom is 0.416 e. The average Bonchev–Trinajstić information content (AvgIpc) is 0.759. The van der Waals surface area contributed by atoms with Crippen LogP contribution in [0.2, 0.25) is 0 Å². The van der Waals surface area contributed by atoms with Crippen molar-refractivity contribution in [2.45, 2.75) is 222 Å². The summed E-state index contributed by atoms with van der Waals surface area (Å²) >= 11 is 0. The summed E-state index contributed by atoms with van der Waals surface area (Å²) in [5.41, 5.74) is -1.35. The minimum atomic E-state index is -5.10. The minimum absolute atomic E-state index is 0.000149. The molecule has 9 aromatic rings. The third kappa shape index (κ3) is 28.1. The fourth-order valence-corrected chi connectivity index (χ4v) is 19.9. The first kappa shape index (κ1) is 111. The number of rotatable bonds is 19. The first-order chi connectivity index (χ1) is 67.0. The molecule has 5 amide bonds. The van der Waals surface area contributed by atoms with Crippen molar-refractivity contribution in [3.63, 3.8) is 0 Å². The van der Waals surface area contributed by atoms with E-state index in [2.05, 4.69) is 125 Å². The number of alkyl halides is 20. The van der Waals surface area contributed by atoms with E-state index < -0.39 is 141 Å². The molecule has 16 rings (SSSR count). The summed E-state index contributed by atoms with van der Waals surface area (Å²) in [6.07, 6.45) is -24.9. The lowest BCUT2D eigenvalue weighted by molar-refractivity contribution is -0.144. The molecule has 7 fully saturated rings. The number of halogens is 22. The summed E-state index contributed by atoms with van der Waals surface area (Å²) in [7, 11) is 2.47. The van der Waals surface area contributed by atoms with Gasteiger partial charge in [-0.3, -0.25) is 14.6 Å². The van der Waals surface area contributed by atoms with E-state index in [0.717, 1.165) is 83.1 Å². The van der Waals surface area contributed by atoms with Crippen molar-refractivity contribution in [1.29, 1.82) is 0 Å². The normalized spacial score (nSPS) is 21.0. The lowest BCUT2D eigenvalue weighted by Gasteiger charge is -2.54. The molecule has 0 saturated carbocycles. The predicted molar refractivity (Wildman–Crippen MR) is 498 cm³/mol. The number of aliphatic hydroxyl groups excluding tert-OH is 1. The van der Waals surface area contributed by atoms with E-state index in [1.807, 2.05) is 30.3 Å². The third-order valence-electron chi connectivity index (χ3n) is 28.0. The van der Waals surface area contributed by atoms with E-state index in [9.17, 15) is 116 Å². The van der Waals surface area contributed by atoms with Crippen molar-refractivity contribution in [2.75, 3.05) is 86.1 Å². The molecule has 7 saturated heterocycles. The first-order valence-corrected chi connectivity index (χ1v) is 47.3. The average molecular weight is 2030 g/mol. The Morgan fingerprint density at radius 1 is 0.483 bits per heavy atom. The quantitative estimate of drug-likeness (QED) is 0.0579. The second kappa shape index (κ2) is 45.9. The number of carbonyl (C=O) groups is 3. The molecule has 9 aromatic carbocycles. The number of hydrogen-bond acceptors (Lipinski definition) is 10. The molecule has 37 heteroatoms. The summed E-state index contributed by atoms with van der Waals surface area (Å²) in [6, 6.07) is 44.5. The summed E-state index contributed by atoms with van der Waals surface area (Å²) < 4.78 is 302. The molecule has 776 valence electrons. The van der Waals surface area contributed by atoms with Crippen molar-refractivity contribution >= 4 is 18.0 Å². The second-order valence-electron chi connectivity index (χ2n) is 38.5. The van der Waals surface area contributed by atoms with Crippen LogP contribution in [0.1, 0.15) is 229 Å². The highest BCUT2D eigenvalue weighted by Crippen LogP contribution is 2.48. The van der Waals surface area contributed by atoms with Gasteiger partial charge in [-0.25, -0.2) is 27.2 Å². The SMILES string of the molecule is CC(=O)N1CCN([C@H]2CCN(C(=O)N(C)[C@H](C)c3cc(C(F)(F)F)cc(C(F)(F)F)c3)[C@H](c3ccc(F)cc3C)C2)CC1.CC(C)(C)c1ccc(CO)c(CNC2C3CCN(CC3)C2C(c2ccccc2)c2ccccc2)c1.CC(F)(F)c1cc(CO[C@H]2CCCN[C@H]2c2ccccc2)cc(C(F)(F)F)c1.C[C@H](c1cc(C(F)(F)F)cc(C(F)(F)F)c1)N(C)C(=O)N1CCNC[C@@H]1c1ccc(F)cc1C(F)(F)F. The lowest BCUT2D eigenvalue weighted by atomic mass is 9.70. The highest BCUT2D eigenvalue weighted by atomic mass is 19.4. The molecule has 0 aromatic heterocycles. The lowest BCUT2D eigenvalue weighted by Crippen LogP contribution is -2.64. The van der Waals surface area contributed by atoms with Crippen LogP contribution in [0.15, 0.2) is 200 Å². The number of aryl methyl sites for hydroxylation is 1. The zero-order valence-electron chi connectivity index (χ0n) is 80.6. The zero-order chi connectivity index (χ0) is 105. The van der Waals surface area contributed by atoms with Crippen LogP contribution in [0.4, 0.5) is 106 Å². The van der Waals surface area contributed by atoms with E-state index >= 15 is 0 Å². The first-order valence-electron chi connectivity index (χ1n) is 47.3. The number of nitrogens with zero attached hydrogens (tertiary/aromatic N) is 7. The zero-order valence-corrected chi connectivity index (χ0v) is 80.6. The molecule has 0 radical (unpaired) electrons. The summed E-state index contributed by atoms with van der Waals surface area (Å²) in [5, 5.41) is 20.3. The van der Waals surface area contributed by atoms with Crippen LogP contribution >= 0.6 is 0 Å². The molecular formula is C106H118F22N10O5. The van der Waals surface area contributed by atoms with Gasteiger partial charge < -0.3 is 50.3 Å². The van der Waals surface area contributed by atoms with Crippen molar-refractivity contribution in [1.82, 2.24) is 50.2 Å². The molecule has 0 aliphatic carbocycles. The van der Waals surface area contributed by atoms with E-state index in [4.69, 9.17) is 4.74 Å².